The second-order valence-electron chi connectivity index (χ2n) is 4.89. The monoisotopic (exact) mass is 264 g/mol. The van der Waals surface area contributed by atoms with Crippen molar-refractivity contribution in [3.05, 3.63) is 24.3 Å². The topological polar surface area (TPSA) is 33.3 Å². The van der Waals surface area contributed by atoms with Crippen LogP contribution in [-0.2, 0) is 0 Å². The molecule has 1 aromatic carbocycles. The number of hydrogen-bond acceptors (Lipinski definition) is 3. The van der Waals surface area contributed by atoms with Crippen LogP contribution in [-0.4, -0.2) is 25.7 Å². The molecule has 0 saturated heterocycles. The molecule has 0 radical (unpaired) electrons. The van der Waals surface area contributed by atoms with Gasteiger partial charge in [-0.2, -0.15) is 0 Å². The lowest BCUT2D eigenvalue weighted by molar-refractivity contribution is 0.310. The van der Waals surface area contributed by atoms with E-state index >= 15 is 0 Å². The van der Waals surface area contributed by atoms with Gasteiger partial charge >= 0.3 is 0 Å². The zero-order chi connectivity index (χ0) is 13.9. The van der Waals surface area contributed by atoms with Crippen molar-refractivity contribution in [1.29, 1.82) is 0 Å². The Morgan fingerprint density at radius 3 is 2.68 bits per heavy atom. The molecular weight excluding hydrogens is 236 g/mol. The van der Waals surface area contributed by atoms with Crippen molar-refractivity contribution in [3.63, 3.8) is 0 Å². The van der Waals surface area contributed by atoms with Gasteiger partial charge in [-0.05, 0) is 31.9 Å². The van der Waals surface area contributed by atoms with E-state index in [-0.39, 0.29) is 0 Å². The van der Waals surface area contributed by atoms with Gasteiger partial charge in [-0.15, -0.1) is 0 Å². The van der Waals surface area contributed by atoms with E-state index in [4.69, 9.17) is 4.74 Å². The summed E-state index contributed by atoms with van der Waals surface area (Å²) in [5, 5.41) is 6.90. The van der Waals surface area contributed by atoms with E-state index in [9.17, 15) is 0 Å². The summed E-state index contributed by atoms with van der Waals surface area (Å²) in [6, 6.07) is 8.74. The van der Waals surface area contributed by atoms with Gasteiger partial charge in [-0.25, -0.2) is 0 Å². The Hall–Kier alpha value is -1.22. The number of anilines is 1. The van der Waals surface area contributed by atoms with Crippen LogP contribution in [0, 0.1) is 0 Å². The van der Waals surface area contributed by atoms with Crippen molar-refractivity contribution in [3.8, 4) is 5.75 Å². The summed E-state index contributed by atoms with van der Waals surface area (Å²) in [6.07, 6.45) is 3.43. The van der Waals surface area contributed by atoms with Crippen molar-refractivity contribution < 1.29 is 4.74 Å². The molecule has 1 atom stereocenters. The predicted molar refractivity (Wildman–Crippen MR) is 83.1 cm³/mol. The molecule has 3 nitrogen and oxygen atoms in total. The first kappa shape index (κ1) is 15.8. The Kier molecular flexibility index (Phi) is 8.07. The molecule has 0 amide bonds. The smallest absolute Gasteiger partial charge is 0.142 e. The van der Waals surface area contributed by atoms with E-state index < -0.39 is 0 Å². The number of unbranched alkanes of at least 4 members (excludes halogenated alkanes) is 1. The molecule has 0 aliphatic rings. The molecule has 2 N–H and O–H groups in total. The van der Waals surface area contributed by atoms with Crippen LogP contribution < -0.4 is 15.4 Å². The molecule has 0 saturated carbocycles. The third-order valence-electron chi connectivity index (χ3n) is 3.19. The van der Waals surface area contributed by atoms with Gasteiger partial charge in [0.25, 0.3) is 0 Å². The van der Waals surface area contributed by atoms with Crippen LogP contribution >= 0.6 is 0 Å². The summed E-state index contributed by atoms with van der Waals surface area (Å²) in [4.78, 5) is 0. The molecule has 0 bridgehead atoms. The largest absolute Gasteiger partial charge is 0.491 e. The minimum Gasteiger partial charge on any atom is -0.491 e. The van der Waals surface area contributed by atoms with Gasteiger partial charge in [0.2, 0.25) is 0 Å². The fraction of sp³-hybridized carbons (Fsp3) is 0.625. The first-order chi connectivity index (χ1) is 9.27. The quantitative estimate of drug-likeness (QED) is 0.633. The number of para-hydroxylation sites is 2. The third kappa shape index (κ3) is 6.48. The first-order valence-corrected chi connectivity index (χ1v) is 7.47. The van der Waals surface area contributed by atoms with Crippen molar-refractivity contribution >= 4 is 5.69 Å². The lowest BCUT2D eigenvalue weighted by Gasteiger charge is -2.15. The molecular formula is C16H28N2O. The highest BCUT2D eigenvalue weighted by Crippen LogP contribution is 2.23. The highest BCUT2D eigenvalue weighted by atomic mass is 16.5. The lowest BCUT2D eigenvalue weighted by Crippen LogP contribution is -2.30. The van der Waals surface area contributed by atoms with E-state index in [1.807, 2.05) is 18.2 Å². The maximum absolute atomic E-state index is 5.79. The number of ether oxygens (including phenoxy) is 1. The lowest BCUT2D eigenvalue weighted by atomic mass is 10.2. The zero-order valence-corrected chi connectivity index (χ0v) is 12.5. The second kappa shape index (κ2) is 9.68. The molecule has 19 heavy (non-hydrogen) atoms. The maximum atomic E-state index is 5.79. The maximum Gasteiger partial charge on any atom is 0.142 e. The van der Waals surface area contributed by atoms with Crippen molar-refractivity contribution in [2.24, 2.45) is 0 Å². The molecule has 0 heterocycles. The minimum atomic E-state index is 0.581. The fourth-order valence-electron chi connectivity index (χ4n) is 1.73. The summed E-state index contributed by atoms with van der Waals surface area (Å²) in [5.74, 6) is 0.958. The van der Waals surface area contributed by atoms with Crippen LogP contribution in [0.2, 0.25) is 0 Å². The van der Waals surface area contributed by atoms with Crippen LogP contribution in [0.1, 0.15) is 40.0 Å². The van der Waals surface area contributed by atoms with Crippen LogP contribution in [0.4, 0.5) is 5.69 Å². The number of hydrogen-bond donors (Lipinski definition) is 2. The van der Waals surface area contributed by atoms with Gasteiger partial charge in [0.1, 0.15) is 5.75 Å². The highest BCUT2D eigenvalue weighted by Gasteiger charge is 2.02. The Balaban J connectivity index is 2.35. The van der Waals surface area contributed by atoms with Crippen LogP contribution in [0.3, 0.4) is 0 Å². The Morgan fingerprint density at radius 2 is 1.95 bits per heavy atom. The summed E-state index contributed by atoms with van der Waals surface area (Å²) in [7, 11) is 0. The van der Waals surface area contributed by atoms with Crippen molar-refractivity contribution in [2.75, 3.05) is 25.0 Å². The first-order valence-electron chi connectivity index (χ1n) is 7.47. The third-order valence-corrected chi connectivity index (χ3v) is 3.19. The second-order valence-corrected chi connectivity index (χ2v) is 4.89. The SMILES string of the molecule is CCCCOc1ccccc1NCCNC(C)CC. The summed E-state index contributed by atoms with van der Waals surface area (Å²) >= 11 is 0. The van der Waals surface area contributed by atoms with E-state index in [0.717, 1.165) is 50.4 Å². The molecule has 3 heteroatoms. The van der Waals surface area contributed by atoms with Crippen molar-refractivity contribution in [2.45, 2.75) is 46.1 Å². The molecule has 108 valence electrons. The average Bonchev–Trinajstić information content (AvgIpc) is 2.45. The molecule has 0 aliphatic heterocycles. The van der Waals surface area contributed by atoms with Gasteiger partial charge in [0.15, 0.2) is 0 Å². The van der Waals surface area contributed by atoms with Crippen LogP contribution in [0.25, 0.3) is 0 Å². The Labute approximate surface area is 117 Å². The highest BCUT2D eigenvalue weighted by molar-refractivity contribution is 5.56. The van der Waals surface area contributed by atoms with Gasteiger partial charge in [-0.3, -0.25) is 0 Å². The summed E-state index contributed by atoms with van der Waals surface area (Å²) in [5.41, 5.74) is 1.09. The van der Waals surface area contributed by atoms with Crippen LogP contribution in [0.15, 0.2) is 24.3 Å². The van der Waals surface area contributed by atoms with E-state index in [2.05, 4.69) is 37.5 Å². The summed E-state index contributed by atoms with van der Waals surface area (Å²) < 4.78 is 5.79. The number of nitrogens with one attached hydrogen (secondary N) is 2. The van der Waals surface area contributed by atoms with Crippen LogP contribution in [0.5, 0.6) is 5.75 Å². The van der Waals surface area contributed by atoms with Crippen molar-refractivity contribution in [1.82, 2.24) is 5.32 Å². The molecule has 0 aliphatic carbocycles. The number of benzene rings is 1. The number of rotatable bonds is 10. The standard InChI is InChI=1S/C16H28N2O/c1-4-6-13-19-16-10-8-7-9-15(16)18-12-11-17-14(3)5-2/h7-10,14,17-18H,4-6,11-13H2,1-3H3. The normalized spacial score (nSPS) is 12.2. The Morgan fingerprint density at radius 1 is 1.16 bits per heavy atom. The van der Waals surface area contributed by atoms with E-state index in [0.29, 0.717) is 6.04 Å². The molecule has 1 rings (SSSR count). The molecule has 1 aromatic rings. The van der Waals surface area contributed by atoms with E-state index in [1.54, 1.807) is 0 Å². The molecule has 0 spiro atoms. The minimum absolute atomic E-state index is 0.581. The average molecular weight is 264 g/mol. The summed E-state index contributed by atoms with van der Waals surface area (Å²) in [6.45, 7) is 9.26. The van der Waals surface area contributed by atoms with Gasteiger partial charge in [-0.1, -0.05) is 32.4 Å². The molecule has 0 fully saturated rings. The van der Waals surface area contributed by atoms with Gasteiger partial charge in [0.05, 0.1) is 12.3 Å². The zero-order valence-electron chi connectivity index (χ0n) is 12.5. The Bertz CT molecular complexity index is 341. The fourth-order valence-corrected chi connectivity index (χ4v) is 1.73. The van der Waals surface area contributed by atoms with E-state index in [1.165, 1.54) is 0 Å². The van der Waals surface area contributed by atoms with Gasteiger partial charge < -0.3 is 15.4 Å². The molecule has 0 aromatic heterocycles. The molecule has 1 unspecified atom stereocenters. The van der Waals surface area contributed by atoms with Gasteiger partial charge in [0, 0.05) is 19.1 Å². The predicted octanol–water partition coefficient (Wildman–Crippen LogP) is 3.67.